The van der Waals surface area contributed by atoms with Gasteiger partial charge in [0.2, 0.25) is 5.88 Å². The van der Waals surface area contributed by atoms with Crippen molar-refractivity contribution in [3.05, 3.63) is 28.8 Å². The van der Waals surface area contributed by atoms with Gasteiger partial charge in [-0.2, -0.15) is 4.98 Å². The summed E-state index contributed by atoms with van der Waals surface area (Å²) < 4.78 is 4.83. The fraction of sp³-hybridized carbons (Fsp3) is 0.250. The van der Waals surface area contributed by atoms with Gasteiger partial charge in [0.25, 0.3) is 0 Å². The number of nitrogens with zero attached hydrogens (tertiary/aromatic N) is 2. The van der Waals surface area contributed by atoms with Crippen LogP contribution in [0.3, 0.4) is 0 Å². The number of hydrogen-bond acceptors (Lipinski definition) is 6. The number of ether oxygens (including phenoxy) is 1. The Balaban J connectivity index is 2.37. The van der Waals surface area contributed by atoms with Crippen LogP contribution in [0.2, 0.25) is 0 Å². The first-order valence-electron chi connectivity index (χ1n) is 5.42. The third-order valence-electron chi connectivity index (χ3n) is 2.18. The molecule has 0 bridgehead atoms. The summed E-state index contributed by atoms with van der Waals surface area (Å²) in [6.45, 7) is 3.83. The number of hydrogen-bond donors (Lipinski definition) is 1. The third-order valence-corrected chi connectivity index (χ3v) is 3.22. The molecule has 0 aliphatic carbocycles. The number of pyridine rings is 1. The van der Waals surface area contributed by atoms with E-state index in [0.29, 0.717) is 10.7 Å². The van der Waals surface area contributed by atoms with Gasteiger partial charge >= 0.3 is 5.97 Å². The molecule has 1 N–H and O–H groups in total. The molecule has 0 unspecified atom stereocenters. The van der Waals surface area contributed by atoms with Crippen LogP contribution in [-0.2, 0) is 4.74 Å². The molecule has 18 heavy (non-hydrogen) atoms. The number of thiazole rings is 1. The average Bonchev–Trinajstić information content (AvgIpc) is 2.72. The Kier molecular flexibility index (Phi) is 3.57. The van der Waals surface area contributed by atoms with Crippen molar-refractivity contribution >= 4 is 17.3 Å². The lowest BCUT2D eigenvalue weighted by Gasteiger charge is -1.97. The van der Waals surface area contributed by atoms with Crippen LogP contribution >= 0.6 is 11.3 Å². The molecule has 5 nitrogen and oxygen atoms in total. The summed E-state index contributed by atoms with van der Waals surface area (Å²) in [7, 11) is 0. The first-order chi connectivity index (χ1) is 8.61. The first-order valence-corrected chi connectivity index (χ1v) is 6.24. The highest BCUT2D eigenvalue weighted by Crippen LogP contribution is 2.31. The number of aromatic nitrogens is 2. The second-order valence-corrected chi connectivity index (χ2v) is 4.56. The predicted octanol–water partition coefficient (Wildman–Crippen LogP) is 2.40. The fourth-order valence-electron chi connectivity index (χ4n) is 1.41. The number of rotatable bonds is 3. The van der Waals surface area contributed by atoms with Crippen molar-refractivity contribution in [1.82, 2.24) is 9.97 Å². The standard InChI is InChI=1S/C12H12N2O3S/c1-3-17-12(16)9-10(15)14-11(18-9)8-6-4-5-7(2)13-8/h4-6,15H,3H2,1-2H3. The van der Waals surface area contributed by atoms with Gasteiger partial charge in [-0.3, -0.25) is 4.98 Å². The van der Waals surface area contributed by atoms with Crippen molar-refractivity contribution in [2.45, 2.75) is 13.8 Å². The molecule has 0 saturated heterocycles. The van der Waals surface area contributed by atoms with Crippen molar-refractivity contribution in [3.63, 3.8) is 0 Å². The number of aromatic hydroxyl groups is 1. The molecule has 0 aliphatic rings. The molecule has 94 valence electrons. The van der Waals surface area contributed by atoms with Crippen molar-refractivity contribution in [3.8, 4) is 16.6 Å². The van der Waals surface area contributed by atoms with Gasteiger partial charge in [0.1, 0.15) is 5.01 Å². The summed E-state index contributed by atoms with van der Waals surface area (Å²) >= 11 is 1.07. The summed E-state index contributed by atoms with van der Waals surface area (Å²) in [4.78, 5) is 19.9. The predicted molar refractivity (Wildman–Crippen MR) is 67.7 cm³/mol. The first kappa shape index (κ1) is 12.5. The van der Waals surface area contributed by atoms with Crippen LogP contribution in [0.4, 0.5) is 0 Å². The molecule has 0 atom stereocenters. The summed E-state index contributed by atoms with van der Waals surface area (Å²) in [6, 6.07) is 5.49. The van der Waals surface area contributed by atoms with Crippen LogP contribution in [0.15, 0.2) is 18.2 Å². The van der Waals surface area contributed by atoms with Gasteiger partial charge in [-0.15, -0.1) is 11.3 Å². The molecule has 2 aromatic heterocycles. The maximum absolute atomic E-state index is 11.5. The molecule has 0 spiro atoms. The molecule has 0 aliphatic heterocycles. The minimum absolute atomic E-state index is 0.107. The zero-order chi connectivity index (χ0) is 13.1. The third kappa shape index (κ3) is 2.48. The molecule has 2 rings (SSSR count). The maximum atomic E-state index is 11.5. The molecule has 0 saturated carbocycles. The Hall–Kier alpha value is -1.95. The van der Waals surface area contributed by atoms with Gasteiger partial charge in [0.05, 0.1) is 12.3 Å². The van der Waals surface area contributed by atoms with E-state index in [-0.39, 0.29) is 17.4 Å². The lowest BCUT2D eigenvalue weighted by molar-refractivity contribution is 0.0528. The quantitative estimate of drug-likeness (QED) is 0.862. The molecular weight excluding hydrogens is 252 g/mol. The van der Waals surface area contributed by atoms with Crippen molar-refractivity contribution in [1.29, 1.82) is 0 Å². The Morgan fingerprint density at radius 2 is 2.22 bits per heavy atom. The van der Waals surface area contributed by atoms with Crippen LogP contribution < -0.4 is 0 Å². The number of esters is 1. The van der Waals surface area contributed by atoms with E-state index in [2.05, 4.69) is 9.97 Å². The lowest BCUT2D eigenvalue weighted by atomic mass is 10.3. The van der Waals surface area contributed by atoms with Crippen LogP contribution in [-0.4, -0.2) is 27.7 Å². The fourth-order valence-corrected chi connectivity index (χ4v) is 2.24. The van der Waals surface area contributed by atoms with Gasteiger partial charge < -0.3 is 9.84 Å². The van der Waals surface area contributed by atoms with Crippen LogP contribution in [0.1, 0.15) is 22.3 Å². The molecule has 6 heteroatoms. The SMILES string of the molecule is CCOC(=O)c1sc(-c2cccc(C)n2)nc1O. The van der Waals surface area contributed by atoms with Crippen molar-refractivity contribution < 1.29 is 14.6 Å². The Labute approximate surface area is 108 Å². The van der Waals surface area contributed by atoms with Crippen LogP contribution in [0.25, 0.3) is 10.7 Å². The lowest BCUT2D eigenvalue weighted by Crippen LogP contribution is -2.02. The molecular formula is C12H12N2O3S. The van der Waals surface area contributed by atoms with Gasteiger partial charge in [0, 0.05) is 5.69 Å². The van der Waals surface area contributed by atoms with E-state index in [9.17, 15) is 9.90 Å². The van der Waals surface area contributed by atoms with Crippen molar-refractivity contribution in [2.75, 3.05) is 6.61 Å². The van der Waals surface area contributed by atoms with E-state index in [0.717, 1.165) is 17.0 Å². The monoisotopic (exact) mass is 264 g/mol. The second-order valence-electron chi connectivity index (χ2n) is 3.56. The number of aryl methyl sites for hydroxylation is 1. The summed E-state index contributed by atoms with van der Waals surface area (Å²) in [6.07, 6.45) is 0. The highest BCUT2D eigenvalue weighted by atomic mass is 32.1. The van der Waals surface area contributed by atoms with Crippen molar-refractivity contribution in [2.24, 2.45) is 0 Å². The second kappa shape index (κ2) is 5.14. The number of carbonyl (C=O) groups is 1. The molecule has 2 heterocycles. The zero-order valence-corrected chi connectivity index (χ0v) is 10.8. The largest absolute Gasteiger partial charge is 0.492 e. The van der Waals surface area contributed by atoms with E-state index in [1.54, 1.807) is 13.0 Å². The summed E-state index contributed by atoms with van der Waals surface area (Å²) in [5.74, 6) is -0.872. The number of carbonyl (C=O) groups excluding carboxylic acids is 1. The van der Waals surface area contributed by atoms with E-state index >= 15 is 0 Å². The zero-order valence-electron chi connectivity index (χ0n) is 10.0. The Bertz CT molecular complexity index is 580. The average molecular weight is 264 g/mol. The minimum Gasteiger partial charge on any atom is -0.492 e. The summed E-state index contributed by atoms with van der Waals surface area (Å²) in [5, 5.41) is 10.1. The van der Waals surface area contributed by atoms with Gasteiger partial charge in [-0.25, -0.2) is 4.79 Å². The smallest absolute Gasteiger partial charge is 0.353 e. The normalized spacial score (nSPS) is 10.3. The Morgan fingerprint density at radius 3 is 2.89 bits per heavy atom. The van der Waals surface area contributed by atoms with Gasteiger partial charge in [0.15, 0.2) is 4.88 Å². The maximum Gasteiger partial charge on any atom is 0.353 e. The molecule has 0 radical (unpaired) electrons. The van der Waals surface area contributed by atoms with Gasteiger partial charge in [-0.05, 0) is 26.0 Å². The van der Waals surface area contributed by atoms with E-state index in [1.165, 1.54) is 0 Å². The topological polar surface area (TPSA) is 72.3 Å². The van der Waals surface area contributed by atoms with E-state index < -0.39 is 5.97 Å². The van der Waals surface area contributed by atoms with Crippen LogP contribution in [0, 0.1) is 6.92 Å². The van der Waals surface area contributed by atoms with Crippen LogP contribution in [0.5, 0.6) is 5.88 Å². The van der Waals surface area contributed by atoms with E-state index in [1.807, 2.05) is 19.1 Å². The molecule has 0 amide bonds. The molecule has 2 aromatic rings. The molecule has 0 aromatic carbocycles. The Morgan fingerprint density at radius 1 is 1.44 bits per heavy atom. The summed E-state index contributed by atoms with van der Waals surface area (Å²) in [5.41, 5.74) is 1.48. The molecule has 0 fully saturated rings. The highest BCUT2D eigenvalue weighted by molar-refractivity contribution is 7.17. The van der Waals surface area contributed by atoms with Gasteiger partial charge in [-0.1, -0.05) is 6.07 Å². The minimum atomic E-state index is -0.564. The van der Waals surface area contributed by atoms with E-state index in [4.69, 9.17) is 4.74 Å². The highest BCUT2D eigenvalue weighted by Gasteiger charge is 2.20.